The molecule has 0 bridgehead atoms. The lowest BCUT2D eigenvalue weighted by atomic mass is 10.1. The Morgan fingerprint density at radius 2 is 2.00 bits per heavy atom. The van der Waals surface area contributed by atoms with Crippen molar-refractivity contribution in [3.63, 3.8) is 0 Å². The molecule has 1 aromatic heterocycles. The number of hydrogen-bond acceptors (Lipinski definition) is 4. The van der Waals surface area contributed by atoms with Crippen LogP contribution in [0, 0.1) is 6.92 Å². The second-order valence-corrected chi connectivity index (χ2v) is 6.60. The minimum absolute atomic E-state index is 0.103. The fourth-order valence-corrected chi connectivity index (χ4v) is 3.45. The first-order valence-electron chi connectivity index (χ1n) is 8.83. The quantitative estimate of drug-likeness (QED) is 0.777. The van der Waals surface area contributed by atoms with Crippen LogP contribution in [-0.4, -0.2) is 28.5 Å². The highest BCUT2D eigenvalue weighted by molar-refractivity contribution is 5.39. The fourth-order valence-electron chi connectivity index (χ4n) is 3.45. The molecule has 1 N–H and O–H groups in total. The second-order valence-electron chi connectivity index (χ2n) is 6.60. The topological polar surface area (TPSA) is 50.4 Å². The minimum atomic E-state index is -0.103. The molecule has 5 nitrogen and oxygen atoms in total. The van der Waals surface area contributed by atoms with Gasteiger partial charge in [0.25, 0.3) is 0 Å². The lowest BCUT2D eigenvalue weighted by Crippen LogP contribution is -2.28. The van der Waals surface area contributed by atoms with Crippen molar-refractivity contribution >= 4 is 0 Å². The number of aryl methyl sites for hydroxylation is 1. The van der Waals surface area contributed by atoms with Crippen LogP contribution < -0.4 is 9.47 Å². The van der Waals surface area contributed by atoms with Crippen molar-refractivity contribution in [1.29, 1.82) is 0 Å². The molecule has 0 fully saturated rings. The first kappa shape index (κ1) is 16.7. The molecule has 0 radical (unpaired) electrons. The Morgan fingerprint density at radius 3 is 2.81 bits per heavy atom. The standard InChI is InChI=1S/C21H23N3O2/c1-15-18(23-14-22-15)12-24-11-16-7-3-5-9-19(16)26-21(13-24)17-8-4-6-10-20(17)25-2/h3-10,14,21H,11-13H2,1-2H3,(H,22,23). The van der Waals surface area contributed by atoms with E-state index in [2.05, 4.69) is 40.0 Å². The predicted molar refractivity (Wildman–Crippen MR) is 100 cm³/mol. The van der Waals surface area contributed by atoms with Gasteiger partial charge in [-0.15, -0.1) is 0 Å². The van der Waals surface area contributed by atoms with E-state index in [1.54, 1.807) is 13.4 Å². The summed E-state index contributed by atoms with van der Waals surface area (Å²) in [5, 5.41) is 0. The summed E-state index contributed by atoms with van der Waals surface area (Å²) in [6, 6.07) is 16.3. The van der Waals surface area contributed by atoms with Gasteiger partial charge >= 0.3 is 0 Å². The number of H-pyrrole nitrogens is 1. The van der Waals surface area contributed by atoms with Gasteiger partial charge in [0, 0.05) is 36.5 Å². The zero-order valence-corrected chi connectivity index (χ0v) is 15.1. The van der Waals surface area contributed by atoms with Gasteiger partial charge in [0.2, 0.25) is 0 Å². The first-order valence-corrected chi connectivity index (χ1v) is 8.83. The lowest BCUT2D eigenvalue weighted by Gasteiger charge is -2.25. The van der Waals surface area contributed by atoms with Crippen LogP contribution in [-0.2, 0) is 13.1 Å². The van der Waals surface area contributed by atoms with Gasteiger partial charge in [-0.05, 0) is 19.1 Å². The molecule has 0 spiro atoms. The van der Waals surface area contributed by atoms with Gasteiger partial charge in [-0.25, -0.2) is 4.98 Å². The molecular weight excluding hydrogens is 326 g/mol. The van der Waals surface area contributed by atoms with Gasteiger partial charge in [0.05, 0.1) is 19.1 Å². The van der Waals surface area contributed by atoms with E-state index in [0.29, 0.717) is 0 Å². The van der Waals surface area contributed by atoms with Gasteiger partial charge in [0.1, 0.15) is 17.6 Å². The maximum Gasteiger partial charge on any atom is 0.140 e. The lowest BCUT2D eigenvalue weighted by molar-refractivity contribution is 0.140. The average Bonchev–Trinajstić information content (AvgIpc) is 2.97. The molecule has 1 aliphatic heterocycles. The first-order chi connectivity index (χ1) is 12.7. The molecule has 0 saturated carbocycles. The minimum Gasteiger partial charge on any atom is -0.496 e. The van der Waals surface area contributed by atoms with Crippen molar-refractivity contribution in [2.24, 2.45) is 0 Å². The number of imidazole rings is 1. The zero-order chi connectivity index (χ0) is 17.9. The monoisotopic (exact) mass is 349 g/mol. The third-order valence-electron chi connectivity index (χ3n) is 4.85. The van der Waals surface area contributed by atoms with Crippen LogP contribution in [0.1, 0.15) is 28.6 Å². The van der Waals surface area contributed by atoms with Crippen molar-refractivity contribution in [1.82, 2.24) is 14.9 Å². The van der Waals surface area contributed by atoms with Crippen LogP contribution in [0.4, 0.5) is 0 Å². The summed E-state index contributed by atoms with van der Waals surface area (Å²) in [6.45, 7) is 4.43. The van der Waals surface area contributed by atoms with Gasteiger partial charge in [-0.2, -0.15) is 0 Å². The van der Waals surface area contributed by atoms with Crippen LogP contribution in [0.25, 0.3) is 0 Å². The number of rotatable bonds is 4. The molecule has 0 amide bonds. The molecule has 26 heavy (non-hydrogen) atoms. The number of ether oxygens (including phenoxy) is 2. The Bertz CT molecular complexity index is 890. The molecule has 3 aromatic rings. The van der Waals surface area contributed by atoms with Gasteiger partial charge in [-0.1, -0.05) is 36.4 Å². The molecule has 2 aromatic carbocycles. The highest BCUT2D eigenvalue weighted by Crippen LogP contribution is 2.35. The number of hydrogen-bond donors (Lipinski definition) is 1. The second kappa shape index (κ2) is 7.22. The van der Waals surface area contributed by atoms with Crippen molar-refractivity contribution in [2.75, 3.05) is 13.7 Å². The highest BCUT2D eigenvalue weighted by Gasteiger charge is 2.26. The van der Waals surface area contributed by atoms with Crippen LogP contribution in [0.15, 0.2) is 54.9 Å². The van der Waals surface area contributed by atoms with Crippen molar-refractivity contribution in [3.8, 4) is 11.5 Å². The normalized spacial score (nSPS) is 17.2. The van der Waals surface area contributed by atoms with Gasteiger partial charge in [-0.3, -0.25) is 4.90 Å². The smallest absolute Gasteiger partial charge is 0.140 e. The largest absolute Gasteiger partial charge is 0.496 e. The van der Waals surface area contributed by atoms with Crippen LogP contribution in [0.3, 0.4) is 0 Å². The number of nitrogens with zero attached hydrogens (tertiary/aromatic N) is 2. The molecule has 0 saturated heterocycles. The molecule has 0 aliphatic carbocycles. The van der Waals surface area contributed by atoms with Crippen LogP contribution >= 0.6 is 0 Å². The van der Waals surface area contributed by atoms with E-state index in [4.69, 9.17) is 9.47 Å². The summed E-state index contributed by atoms with van der Waals surface area (Å²) < 4.78 is 12.0. The fraction of sp³-hybridized carbons (Fsp3) is 0.286. The summed E-state index contributed by atoms with van der Waals surface area (Å²) in [5.74, 6) is 1.79. The molecule has 5 heteroatoms. The molecule has 1 atom stereocenters. The SMILES string of the molecule is COc1ccccc1C1CN(Cc2nc[nH]c2C)Cc2ccccc2O1. The summed E-state index contributed by atoms with van der Waals surface area (Å²) in [5.41, 5.74) is 4.44. The van der Waals surface area contributed by atoms with Crippen LogP contribution in [0.5, 0.6) is 11.5 Å². The molecule has 1 aliphatic rings. The van der Waals surface area contributed by atoms with Crippen molar-refractivity contribution in [2.45, 2.75) is 26.1 Å². The molecule has 2 heterocycles. The maximum atomic E-state index is 6.42. The van der Waals surface area contributed by atoms with E-state index in [1.165, 1.54) is 5.56 Å². The van der Waals surface area contributed by atoms with Crippen LogP contribution in [0.2, 0.25) is 0 Å². The highest BCUT2D eigenvalue weighted by atomic mass is 16.5. The average molecular weight is 349 g/mol. The van der Waals surface area contributed by atoms with E-state index in [1.807, 2.05) is 30.3 Å². The van der Waals surface area contributed by atoms with E-state index in [9.17, 15) is 0 Å². The predicted octanol–water partition coefficient (Wildman–Crippen LogP) is 3.86. The van der Waals surface area contributed by atoms with E-state index < -0.39 is 0 Å². The van der Waals surface area contributed by atoms with E-state index >= 15 is 0 Å². The molecular formula is C21H23N3O2. The van der Waals surface area contributed by atoms with Gasteiger partial charge in [0.15, 0.2) is 0 Å². The van der Waals surface area contributed by atoms with Crippen molar-refractivity contribution in [3.05, 3.63) is 77.4 Å². The van der Waals surface area contributed by atoms with E-state index in [-0.39, 0.29) is 6.10 Å². The Hall–Kier alpha value is -2.79. The number of aromatic nitrogens is 2. The third kappa shape index (κ3) is 3.30. The zero-order valence-electron chi connectivity index (χ0n) is 15.1. The number of methoxy groups -OCH3 is 1. The number of aromatic amines is 1. The van der Waals surface area contributed by atoms with Crippen molar-refractivity contribution < 1.29 is 9.47 Å². The Balaban J connectivity index is 1.69. The van der Waals surface area contributed by atoms with E-state index in [0.717, 1.165) is 48.1 Å². The number of nitrogens with one attached hydrogen (secondary N) is 1. The van der Waals surface area contributed by atoms with Gasteiger partial charge < -0.3 is 14.5 Å². The number of benzene rings is 2. The molecule has 134 valence electrons. The summed E-state index contributed by atoms with van der Waals surface area (Å²) >= 11 is 0. The summed E-state index contributed by atoms with van der Waals surface area (Å²) in [4.78, 5) is 10.0. The maximum absolute atomic E-state index is 6.42. The molecule has 4 rings (SSSR count). The summed E-state index contributed by atoms with van der Waals surface area (Å²) in [7, 11) is 1.70. The number of fused-ring (bicyclic) bond motifs is 1. The third-order valence-corrected chi connectivity index (χ3v) is 4.85. The number of para-hydroxylation sites is 2. The Morgan fingerprint density at radius 1 is 1.19 bits per heavy atom. The Kier molecular flexibility index (Phi) is 4.63. The Labute approximate surface area is 153 Å². The molecule has 1 unspecified atom stereocenters. The summed E-state index contributed by atoms with van der Waals surface area (Å²) in [6.07, 6.45) is 1.65.